The summed E-state index contributed by atoms with van der Waals surface area (Å²) in [6, 6.07) is 12.7. The number of nitrogens with zero attached hydrogens (tertiary/aromatic N) is 2. The van der Waals surface area contributed by atoms with Crippen molar-refractivity contribution in [2.75, 3.05) is 11.9 Å². The Morgan fingerprint density at radius 1 is 1.22 bits per heavy atom. The van der Waals surface area contributed by atoms with Crippen molar-refractivity contribution >= 4 is 29.2 Å². The van der Waals surface area contributed by atoms with Crippen LogP contribution in [0.2, 0.25) is 5.02 Å². The molecule has 1 atom stereocenters. The molecule has 1 unspecified atom stereocenters. The lowest BCUT2D eigenvalue weighted by molar-refractivity contribution is 0.0947. The topological polar surface area (TPSA) is 65.8 Å². The van der Waals surface area contributed by atoms with Gasteiger partial charge in [-0.25, -0.2) is 9.18 Å². The lowest BCUT2D eigenvalue weighted by Crippen LogP contribution is -2.46. The Labute approximate surface area is 190 Å². The van der Waals surface area contributed by atoms with Crippen LogP contribution in [-0.4, -0.2) is 23.9 Å². The first-order valence-corrected chi connectivity index (χ1v) is 10.6. The second-order valence-electron chi connectivity index (χ2n) is 7.82. The summed E-state index contributed by atoms with van der Waals surface area (Å²) in [6.07, 6.45) is 0. The third-order valence-electron chi connectivity index (χ3n) is 5.74. The third kappa shape index (κ3) is 4.08. The fourth-order valence-corrected chi connectivity index (χ4v) is 4.01. The van der Waals surface area contributed by atoms with E-state index in [0.717, 1.165) is 11.3 Å². The summed E-state index contributed by atoms with van der Waals surface area (Å²) >= 11 is 6.21. The van der Waals surface area contributed by atoms with Gasteiger partial charge in [0.2, 0.25) is 0 Å². The number of benzene rings is 2. The first-order chi connectivity index (χ1) is 15.3. The zero-order valence-corrected chi connectivity index (χ0v) is 18.7. The normalized spacial score (nSPS) is 15.7. The van der Waals surface area contributed by atoms with Crippen molar-refractivity contribution in [2.45, 2.75) is 33.0 Å². The zero-order chi connectivity index (χ0) is 23.0. The Bertz CT molecular complexity index is 1170. The van der Waals surface area contributed by atoms with Gasteiger partial charge in [-0.3, -0.25) is 9.69 Å². The predicted molar refractivity (Wildman–Crippen MR) is 120 cm³/mol. The van der Waals surface area contributed by atoms with Gasteiger partial charge in [-0.05, 0) is 55.8 Å². The van der Waals surface area contributed by atoms with Crippen LogP contribution in [-0.2, 0) is 13.1 Å². The molecule has 166 valence electrons. The summed E-state index contributed by atoms with van der Waals surface area (Å²) in [6.45, 7) is 3.94. The van der Waals surface area contributed by atoms with Crippen LogP contribution in [0.15, 0.2) is 52.9 Å². The summed E-state index contributed by atoms with van der Waals surface area (Å²) < 4.78 is 19.9. The van der Waals surface area contributed by atoms with Crippen molar-refractivity contribution in [3.05, 3.63) is 87.6 Å². The van der Waals surface area contributed by atoms with Crippen LogP contribution in [0.4, 0.5) is 14.9 Å². The van der Waals surface area contributed by atoms with Gasteiger partial charge in [0.15, 0.2) is 0 Å². The number of urea groups is 1. The van der Waals surface area contributed by atoms with Crippen molar-refractivity contribution in [3.63, 3.8) is 0 Å². The van der Waals surface area contributed by atoms with E-state index in [1.165, 1.54) is 17.0 Å². The molecule has 0 saturated heterocycles. The first kappa shape index (κ1) is 21.9. The fourth-order valence-electron chi connectivity index (χ4n) is 3.78. The number of furan rings is 1. The number of halogens is 2. The molecule has 1 aromatic heterocycles. The minimum Gasteiger partial charge on any atom is -0.465 e. The molecule has 0 saturated carbocycles. The van der Waals surface area contributed by atoms with Crippen molar-refractivity contribution in [3.8, 4) is 0 Å². The van der Waals surface area contributed by atoms with E-state index in [4.69, 9.17) is 16.0 Å². The van der Waals surface area contributed by atoms with E-state index in [1.807, 2.05) is 26.0 Å². The van der Waals surface area contributed by atoms with Crippen molar-refractivity contribution in [2.24, 2.45) is 0 Å². The number of carbonyl (C=O) groups excluding carboxylic acids is 2. The molecule has 8 heteroatoms. The molecule has 2 heterocycles. The van der Waals surface area contributed by atoms with Gasteiger partial charge in [0.05, 0.1) is 24.8 Å². The summed E-state index contributed by atoms with van der Waals surface area (Å²) in [5, 5.41) is 3.06. The molecule has 4 rings (SSSR count). The Balaban J connectivity index is 1.66. The standard InChI is InChI=1S/C24H23ClFN3O3/c1-14-7-9-17(32-14)12-27-23(30)16-8-10-18-15(2)28(3)24(31)29(22(18)11-16)13-19-20(25)5-4-6-21(19)26/h4-11,15H,12-13H2,1-3H3,(H,27,30). The monoisotopic (exact) mass is 455 g/mol. The van der Waals surface area contributed by atoms with Crippen LogP contribution in [0.3, 0.4) is 0 Å². The first-order valence-electron chi connectivity index (χ1n) is 10.2. The highest BCUT2D eigenvalue weighted by Crippen LogP contribution is 2.38. The number of amides is 3. The molecule has 32 heavy (non-hydrogen) atoms. The number of fused-ring (bicyclic) bond motifs is 1. The van der Waals surface area contributed by atoms with E-state index in [0.29, 0.717) is 17.0 Å². The lowest BCUT2D eigenvalue weighted by Gasteiger charge is -2.39. The van der Waals surface area contributed by atoms with Gasteiger partial charge in [0, 0.05) is 23.2 Å². The fraction of sp³-hybridized carbons (Fsp3) is 0.250. The van der Waals surface area contributed by atoms with Gasteiger partial charge in [0.1, 0.15) is 17.3 Å². The number of aryl methyl sites for hydroxylation is 1. The van der Waals surface area contributed by atoms with Gasteiger partial charge in [0.25, 0.3) is 5.91 Å². The zero-order valence-electron chi connectivity index (χ0n) is 18.0. The maximum absolute atomic E-state index is 14.4. The number of hydrogen-bond donors (Lipinski definition) is 1. The smallest absolute Gasteiger partial charge is 0.325 e. The van der Waals surface area contributed by atoms with E-state index in [-0.39, 0.29) is 41.7 Å². The molecule has 3 amide bonds. The van der Waals surface area contributed by atoms with Crippen LogP contribution >= 0.6 is 11.6 Å². The molecule has 2 aromatic carbocycles. The number of carbonyl (C=O) groups is 2. The van der Waals surface area contributed by atoms with Gasteiger partial charge in [-0.15, -0.1) is 0 Å². The SMILES string of the molecule is Cc1ccc(CNC(=O)c2ccc3c(c2)N(Cc2c(F)cccc2Cl)C(=O)N(C)C3C)o1. The highest BCUT2D eigenvalue weighted by atomic mass is 35.5. The van der Waals surface area contributed by atoms with Crippen molar-refractivity contribution < 1.29 is 18.4 Å². The minimum absolute atomic E-state index is 0.0505. The number of rotatable bonds is 5. The van der Waals surface area contributed by atoms with Crippen LogP contribution in [0, 0.1) is 12.7 Å². The Morgan fingerprint density at radius 3 is 2.69 bits per heavy atom. The highest BCUT2D eigenvalue weighted by molar-refractivity contribution is 6.31. The molecule has 0 bridgehead atoms. The highest BCUT2D eigenvalue weighted by Gasteiger charge is 2.34. The average molecular weight is 456 g/mol. The Morgan fingerprint density at radius 2 is 2.00 bits per heavy atom. The lowest BCUT2D eigenvalue weighted by atomic mass is 9.98. The number of hydrogen-bond acceptors (Lipinski definition) is 3. The van der Waals surface area contributed by atoms with Gasteiger partial charge in [-0.1, -0.05) is 23.7 Å². The molecule has 1 aliphatic heterocycles. The van der Waals surface area contributed by atoms with E-state index in [9.17, 15) is 14.0 Å². The summed E-state index contributed by atoms with van der Waals surface area (Å²) in [5.74, 6) is 0.623. The molecule has 0 spiro atoms. The number of anilines is 1. The van der Waals surface area contributed by atoms with Crippen LogP contribution in [0.25, 0.3) is 0 Å². The van der Waals surface area contributed by atoms with Crippen LogP contribution in [0.5, 0.6) is 0 Å². The molecule has 3 aromatic rings. The van der Waals surface area contributed by atoms with Crippen molar-refractivity contribution in [1.82, 2.24) is 10.2 Å². The average Bonchev–Trinajstić information content (AvgIpc) is 3.20. The summed E-state index contributed by atoms with van der Waals surface area (Å²) in [5.41, 5.74) is 2.03. The van der Waals surface area contributed by atoms with E-state index < -0.39 is 5.82 Å². The molecular weight excluding hydrogens is 433 g/mol. The molecular formula is C24H23ClFN3O3. The molecule has 1 aliphatic rings. The molecule has 1 N–H and O–H groups in total. The second kappa shape index (κ2) is 8.67. The maximum Gasteiger partial charge on any atom is 0.325 e. The predicted octanol–water partition coefficient (Wildman–Crippen LogP) is 5.44. The molecule has 0 radical (unpaired) electrons. The summed E-state index contributed by atoms with van der Waals surface area (Å²) in [7, 11) is 1.69. The maximum atomic E-state index is 14.4. The second-order valence-corrected chi connectivity index (χ2v) is 8.23. The molecule has 0 fully saturated rings. The molecule has 6 nitrogen and oxygen atoms in total. The van der Waals surface area contributed by atoms with Gasteiger partial charge >= 0.3 is 6.03 Å². The largest absolute Gasteiger partial charge is 0.465 e. The van der Waals surface area contributed by atoms with E-state index in [1.54, 1.807) is 36.2 Å². The summed E-state index contributed by atoms with van der Waals surface area (Å²) in [4.78, 5) is 28.9. The Kier molecular flexibility index (Phi) is 5.93. The van der Waals surface area contributed by atoms with Gasteiger partial charge < -0.3 is 14.6 Å². The number of nitrogens with one attached hydrogen (secondary N) is 1. The van der Waals surface area contributed by atoms with E-state index >= 15 is 0 Å². The van der Waals surface area contributed by atoms with Crippen LogP contribution in [0.1, 0.15) is 46.0 Å². The minimum atomic E-state index is -0.490. The van der Waals surface area contributed by atoms with Crippen LogP contribution < -0.4 is 10.2 Å². The molecule has 0 aliphatic carbocycles. The van der Waals surface area contributed by atoms with Crippen molar-refractivity contribution in [1.29, 1.82) is 0 Å². The van der Waals surface area contributed by atoms with Gasteiger partial charge in [-0.2, -0.15) is 0 Å². The Hall–Kier alpha value is -3.32. The third-order valence-corrected chi connectivity index (χ3v) is 6.10. The van der Waals surface area contributed by atoms with E-state index in [2.05, 4.69) is 5.32 Å². The quantitative estimate of drug-likeness (QED) is 0.556.